The molecule has 0 spiro atoms. The maximum Gasteiger partial charge on any atom is 0.261 e. The molecule has 0 bridgehead atoms. The van der Waals surface area contributed by atoms with Gasteiger partial charge in [0.05, 0.1) is 7.11 Å². The van der Waals surface area contributed by atoms with Crippen LogP contribution in [0.2, 0.25) is 0 Å². The van der Waals surface area contributed by atoms with Gasteiger partial charge < -0.3 is 24.4 Å². The first-order valence-corrected chi connectivity index (χ1v) is 8.04. The maximum atomic E-state index is 13.7. The minimum Gasteiger partial charge on any atom is -0.494 e. The first-order valence-electron chi connectivity index (χ1n) is 8.04. The number of carbonyl (C=O) groups is 1. The van der Waals surface area contributed by atoms with Crippen molar-refractivity contribution in [2.75, 3.05) is 52.3 Å². The summed E-state index contributed by atoms with van der Waals surface area (Å²) >= 11 is 0. The van der Waals surface area contributed by atoms with Gasteiger partial charge in [0.15, 0.2) is 23.1 Å². The lowest BCUT2D eigenvalue weighted by Gasteiger charge is -2.27. The molecule has 2 aromatic rings. The number of amides is 1. The maximum absolute atomic E-state index is 13.7. The van der Waals surface area contributed by atoms with Crippen molar-refractivity contribution in [1.29, 1.82) is 0 Å². The van der Waals surface area contributed by atoms with E-state index in [0.717, 1.165) is 13.1 Å². The van der Waals surface area contributed by atoms with Crippen LogP contribution in [0.15, 0.2) is 22.7 Å². The number of piperazine rings is 1. The zero-order valence-corrected chi connectivity index (χ0v) is 15.7. The van der Waals surface area contributed by atoms with Crippen LogP contribution in [0.5, 0.6) is 5.75 Å². The second-order valence-electron chi connectivity index (χ2n) is 6.00. The summed E-state index contributed by atoms with van der Waals surface area (Å²) in [6.45, 7) is 2.72. The molecule has 142 valence electrons. The molecule has 0 aliphatic carbocycles. The molecular weight excluding hydrogens is 363 g/mol. The zero-order valence-electron chi connectivity index (χ0n) is 14.9. The lowest BCUT2D eigenvalue weighted by atomic mass is 10.1. The van der Waals surface area contributed by atoms with Gasteiger partial charge in [-0.25, -0.2) is 4.39 Å². The van der Waals surface area contributed by atoms with Crippen molar-refractivity contribution < 1.29 is 18.4 Å². The summed E-state index contributed by atoms with van der Waals surface area (Å²) in [5.74, 6) is 0.214. The standard InChI is InChI=1S/C17H21FN4O3.ClH/c1-21(2)16-14(17(23)22-8-6-19-7-9-22)15(25-20-16)11-4-5-12(18)13(10-11)24-3;/h4-5,10,19H,6-9H2,1-3H3;1H. The summed E-state index contributed by atoms with van der Waals surface area (Å²) < 4.78 is 24.2. The van der Waals surface area contributed by atoms with E-state index < -0.39 is 5.82 Å². The summed E-state index contributed by atoms with van der Waals surface area (Å²) in [5, 5.41) is 7.26. The highest BCUT2D eigenvalue weighted by Crippen LogP contribution is 2.34. The lowest BCUT2D eigenvalue weighted by molar-refractivity contribution is 0.0736. The number of methoxy groups -OCH3 is 1. The second kappa shape index (κ2) is 8.37. The largest absolute Gasteiger partial charge is 0.494 e. The van der Waals surface area contributed by atoms with Crippen molar-refractivity contribution in [3.05, 3.63) is 29.6 Å². The minimum absolute atomic E-state index is 0. The van der Waals surface area contributed by atoms with Gasteiger partial charge in [-0.15, -0.1) is 12.4 Å². The molecule has 0 radical (unpaired) electrons. The summed E-state index contributed by atoms with van der Waals surface area (Å²) in [5.41, 5.74) is 0.915. The predicted molar refractivity (Wildman–Crippen MR) is 98.8 cm³/mol. The number of benzene rings is 1. The number of aromatic nitrogens is 1. The van der Waals surface area contributed by atoms with Gasteiger partial charge >= 0.3 is 0 Å². The lowest BCUT2D eigenvalue weighted by Crippen LogP contribution is -2.46. The Balaban J connectivity index is 0.00000243. The van der Waals surface area contributed by atoms with Crippen molar-refractivity contribution in [3.8, 4) is 17.1 Å². The van der Waals surface area contributed by atoms with E-state index in [4.69, 9.17) is 9.26 Å². The fourth-order valence-electron chi connectivity index (χ4n) is 2.80. The molecule has 26 heavy (non-hydrogen) atoms. The van der Waals surface area contributed by atoms with Crippen molar-refractivity contribution in [3.63, 3.8) is 0 Å². The normalized spacial score (nSPS) is 13.9. The third-order valence-corrected chi connectivity index (χ3v) is 4.13. The molecular formula is C17H22ClFN4O3. The SMILES string of the molecule is COc1cc(-c2onc(N(C)C)c2C(=O)N2CCNCC2)ccc1F.Cl. The Morgan fingerprint density at radius 3 is 2.65 bits per heavy atom. The second-order valence-corrected chi connectivity index (χ2v) is 6.00. The fraction of sp³-hybridized carbons (Fsp3) is 0.412. The van der Waals surface area contributed by atoms with Crippen LogP contribution in [-0.4, -0.2) is 63.3 Å². The molecule has 7 nitrogen and oxygen atoms in total. The van der Waals surface area contributed by atoms with Crippen LogP contribution in [0, 0.1) is 5.82 Å². The predicted octanol–water partition coefficient (Wildman–Crippen LogP) is 2.02. The average molecular weight is 385 g/mol. The van der Waals surface area contributed by atoms with Crippen molar-refractivity contribution in [1.82, 2.24) is 15.4 Å². The molecule has 1 N–H and O–H groups in total. The highest BCUT2D eigenvalue weighted by Gasteiger charge is 2.30. The molecule has 0 unspecified atom stereocenters. The number of hydrogen-bond acceptors (Lipinski definition) is 6. The third-order valence-electron chi connectivity index (χ3n) is 4.13. The van der Waals surface area contributed by atoms with E-state index in [-0.39, 0.29) is 24.1 Å². The van der Waals surface area contributed by atoms with Crippen LogP contribution < -0.4 is 15.0 Å². The van der Waals surface area contributed by atoms with E-state index in [2.05, 4.69) is 10.5 Å². The number of nitrogens with zero attached hydrogens (tertiary/aromatic N) is 3. The Labute approximate surface area is 157 Å². The van der Waals surface area contributed by atoms with E-state index in [9.17, 15) is 9.18 Å². The van der Waals surface area contributed by atoms with Crippen LogP contribution in [0.4, 0.5) is 10.2 Å². The molecule has 9 heteroatoms. The third kappa shape index (κ3) is 3.76. The van der Waals surface area contributed by atoms with Crippen LogP contribution in [-0.2, 0) is 0 Å². The van der Waals surface area contributed by atoms with E-state index in [0.29, 0.717) is 35.8 Å². The molecule has 1 aromatic carbocycles. The Bertz CT molecular complexity index is 775. The topological polar surface area (TPSA) is 70.8 Å². The van der Waals surface area contributed by atoms with E-state index in [1.165, 1.54) is 19.2 Å². The van der Waals surface area contributed by atoms with Crippen molar-refractivity contribution in [2.45, 2.75) is 0 Å². The Hall–Kier alpha value is -2.32. The molecule has 0 saturated carbocycles. The Kier molecular flexibility index (Phi) is 6.44. The van der Waals surface area contributed by atoms with Crippen LogP contribution in [0.1, 0.15) is 10.4 Å². The molecule has 1 aliphatic rings. The van der Waals surface area contributed by atoms with Crippen LogP contribution in [0.25, 0.3) is 11.3 Å². The molecule has 0 atom stereocenters. The molecule has 1 aliphatic heterocycles. The number of hydrogen-bond donors (Lipinski definition) is 1. The summed E-state index contributed by atoms with van der Waals surface area (Å²) in [6, 6.07) is 4.33. The summed E-state index contributed by atoms with van der Waals surface area (Å²) in [7, 11) is 4.98. The quantitative estimate of drug-likeness (QED) is 0.869. The number of ether oxygens (including phenoxy) is 1. The Morgan fingerprint density at radius 1 is 1.35 bits per heavy atom. The molecule has 1 saturated heterocycles. The van der Waals surface area contributed by atoms with Gasteiger partial charge in [0.1, 0.15) is 5.56 Å². The van der Waals surface area contributed by atoms with Gasteiger partial charge in [-0.2, -0.15) is 0 Å². The van der Waals surface area contributed by atoms with Gasteiger partial charge in [0.25, 0.3) is 5.91 Å². The van der Waals surface area contributed by atoms with E-state index in [1.54, 1.807) is 30.0 Å². The molecule has 1 fully saturated rings. The van der Waals surface area contributed by atoms with Gasteiger partial charge in [0.2, 0.25) is 0 Å². The average Bonchev–Trinajstić information content (AvgIpc) is 3.07. The first kappa shape index (κ1) is 20.0. The van der Waals surface area contributed by atoms with E-state index in [1.807, 2.05) is 0 Å². The van der Waals surface area contributed by atoms with Gasteiger partial charge in [0, 0.05) is 45.8 Å². The monoisotopic (exact) mass is 384 g/mol. The molecule has 2 heterocycles. The number of halogens is 2. The number of anilines is 1. The van der Waals surface area contributed by atoms with Gasteiger partial charge in [-0.05, 0) is 18.2 Å². The summed E-state index contributed by atoms with van der Waals surface area (Å²) in [4.78, 5) is 16.6. The zero-order chi connectivity index (χ0) is 18.0. The molecule has 1 amide bonds. The minimum atomic E-state index is -0.478. The highest BCUT2D eigenvalue weighted by atomic mass is 35.5. The first-order chi connectivity index (χ1) is 12.0. The molecule has 3 rings (SSSR count). The van der Waals surface area contributed by atoms with Crippen LogP contribution in [0.3, 0.4) is 0 Å². The summed E-state index contributed by atoms with van der Waals surface area (Å²) in [6.07, 6.45) is 0. The number of rotatable bonds is 4. The van der Waals surface area contributed by atoms with Crippen molar-refractivity contribution in [2.24, 2.45) is 0 Å². The fourth-order valence-corrected chi connectivity index (χ4v) is 2.80. The van der Waals surface area contributed by atoms with Gasteiger partial charge in [-0.3, -0.25) is 4.79 Å². The highest BCUT2D eigenvalue weighted by molar-refractivity contribution is 6.04. The van der Waals surface area contributed by atoms with Crippen LogP contribution >= 0.6 is 12.4 Å². The number of nitrogens with one attached hydrogen (secondary N) is 1. The number of carbonyl (C=O) groups excluding carboxylic acids is 1. The molecule has 1 aromatic heterocycles. The van der Waals surface area contributed by atoms with Crippen molar-refractivity contribution >= 4 is 24.1 Å². The van der Waals surface area contributed by atoms with Gasteiger partial charge in [-0.1, -0.05) is 5.16 Å². The smallest absolute Gasteiger partial charge is 0.261 e. The Morgan fingerprint density at radius 2 is 2.04 bits per heavy atom. The van der Waals surface area contributed by atoms with E-state index >= 15 is 0 Å².